The van der Waals surface area contributed by atoms with E-state index in [0.717, 1.165) is 52.1 Å². The number of amides is 2. The SMILES string of the molecule is Cc1ccc(-c2[nH]c3ccccc3c2C2c3ccccc3C(=O)N2C(C)C(=O)Nc2ccc(N3CCCC3)cc2)cc1. The molecule has 42 heavy (non-hydrogen) atoms. The molecule has 6 heteroatoms. The van der Waals surface area contributed by atoms with E-state index in [4.69, 9.17) is 0 Å². The van der Waals surface area contributed by atoms with Crippen molar-refractivity contribution < 1.29 is 9.59 Å². The summed E-state index contributed by atoms with van der Waals surface area (Å²) in [7, 11) is 0. The first-order valence-corrected chi connectivity index (χ1v) is 14.7. The Kier molecular flexibility index (Phi) is 6.54. The van der Waals surface area contributed by atoms with Gasteiger partial charge in [0, 0.05) is 46.5 Å². The van der Waals surface area contributed by atoms with Crippen LogP contribution >= 0.6 is 0 Å². The van der Waals surface area contributed by atoms with Gasteiger partial charge in [-0.25, -0.2) is 0 Å². The molecule has 1 aromatic heterocycles. The molecule has 2 unspecified atom stereocenters. The van der Waals surface area contributed by atoms with Crippen LogP contribution in [0.3, 0.4) is 0 Å². The lowest BCUT2D eigenvalue weighted by Crippen LogP contribution is -2.44. The molecule has 2 aliphatic heterocycles. The molecule has 2 amide bonds. The number of aromatic nitrogens is 1. The quantitative estimate of drug-likeness (QED) is 0.231. The van der Waals surface area contributed by atoms with E-state index in [1.54, 1.807) is 4.90 Å². The highest BCUT2D eigenvalue weighted by atomic mass is 16.2. The second-order valence-corrected chi connectivity index (χ2v) is 11.4. The summed E-state index contributed by atoms with van der Waals surface area (Å²) >= 11 is 0. The van der Waals surface area contributed by atoms with E-state index < -0.39 is 12.1 Å². The number of hydrogen-bond donors (Lipinski definition) is 2. The molecule has 5 aromatic rings. The van der Waals surface area contributed by atoms with E-state index in [1.165, 1.54) is 24.1 Å². The summed E-state index contributed by atoms with van der Waals surface area (Å²) in [6.45, 7) is 6.04. The lowest BCUT2D eigenvalue weighted by molar-refractivity contribution is -0.120. The second kappa shape index (κ2) is 10.5. The molecule has 0 spiro atoms. The van der Waals surface area contributed by atoms with Gasteiger partial charge in [0.25, 0.3) is 5.91 Å². The Morgan fingerprint density at radius 2 is 1.57 bits per heavy atom. The fraction of sp³-hybridized carbons (Fsp3) is 0.222. The highest BCUT2D eigenvalue weighted by Gasteiger charge is 2.44. The van der Waals surface area contributed by atoms with Crippen molar-refractivity contribution in [3.8, 4) is 11.3 Å². The van der Waals surface area contributed by atoms with Crippen LogP contribution in [0.1, 0.15) is 52.9 Å². The number of aromatic amines is 1. The van der Waals surface area contributed by atoms with Gasteiger partial charge < -0.3 is 20.1 Å². The minimum atomic E-state index is -0.715. The second-order valence-electron chi connectivity index (χ2n) is 11.4. The van der Waals surface area contributed by atoms with E-state index in [0.29, 0.717) is 5.56 Å². The summed E-state index contributed by atoms with van der Waals surface area (Å²) in [5, 5.41) is 4.12. The molecule has 210 valence electrons. The summed E-state index contributed by atoms with van der Waals surface area (Å²) in [5.41, 5.74) is 8.62. The van der Waals surface area contributed by atoms with Gasteiger partial charge in [0.05, 0.1) is 11.7 Å². The van der Waals surface area contributed by atoms with Gasteiger partial charge >= 0.3 is 0 Å². The first-order chi connectivity index (χ1) is 20.5. The number of hydrogen-bond acceptors (Lipinski definition) is 3. The third kappa shape index (κ3) is 4.44. The van der Waals surface area contributed by atoms with Gasteiger partial charge in [-0.1, -0.05) is 66.2 Å². The van der Waals surface area contributed by atoms with Crippen LogP contribution in [-0.4, -0.2) is 40.8 Å². The van der Waals surface area contributed by atoms with Crippen molar-refractivity contribution in [2.45, 2.75) is 38.8 Å². The zero-order valence-electron chi connectivity index (χ0n) is 23.9. The summed E-state index contributed by atoms with van der Waals surface area (Å²) < 4.78 is 0. The van der Waals surface area contributed by atoms with Crippen LogP contribution in [0, 0.1) is 6.92 Å². The van der Waals surface area contributed by atoms with Gasteiger partial charge in [0.2, 0.25) is 5.91 Å². The van der Waals surface area contributed by atoms with Crippen molar-refractivity contribution in [2.24, 2.45) is 0 Å². The summed E-state index contributed by atoms with van der Waals surface area (Å²) in [6.07, 6.45) is 2.43. The summed E-state index contributed by atoms with van der Waals surface area (Å²) in [4.78, 5) is 35.6. The Balaban J connectivity index is 1.28. The minimum Gasteiger partial charge on any atom is -0.372 e. The topological polar surface area (TPSA) is 68.4 Å². The maximum atomic E-state index is 14.1. The number of H-pyrrole nitrogens is 1. The molecular formula is C36H34N4O2. The number of nitrogens with one attached hydrogen (secondary N) is 2. The molecule has 4 aromatic carbocycles. The zero-order valence-corrected chi connectivity index (χ0v) is 23.9. The van der Waals surface area contributed by atoms with Gasteiger partial charge in [-0.15, -0.1) is 0 Å². The third-order valence-electron chi connectivity index (χ3n) is 8.76. The Bertz CT molecular complexity index is 1780. The summed E-state index contributed by atoms with van der Waals surface area (Å²) in [6, 6.07) is 31.2. The number of fused-ring (bicyclic) bond motifs is 2. The van der Waals surface area contributed by atoms with Crippen molar-refractivity contribution in [3.05, 3.63) is 119 Å². The molecule has 0 aliphatic carbocycles. The lowest BCUT2D eigenvalue weighted by Gasteiger charge is -2.31. The molecular weight excluding hydrogens is 520 g/mol. The van der Waals surface area contributed by atoms with E-state index in [9.17, 15) is 9.59 Å². The fourth-order valence-corrected chi connectivity index (χ4v) is 6.53. The molecule has 2 atom stereocenters. The molecule has 6 nitrogen and oxygen atoms in total. The van der Waals surface area contributed by atoms with E-state index in [-0.39, 0.29) is 11.8 Å². The molecule has 1 fully saturated rings. The van der Waals surface area contributed by atoms with Gasteiger partial charge in [-0.05, 0) is 74.2 Å². The normalized spacial score (nSPS) is 17.1. The fourth-order valence-electron chi connectivity index (χ4n) is 6.53. The molecule has 3 heterocycles. The number of rotatable bonds is 6. The van der Waals surface area contributed by atoms with Gasteiger partial charge in [-0.2, -0.15) is 0 Å². The Hall–Kier alpha value is -4.84. The first-order valence-electron chi connectivity index (χ1n) is 14.7. The minimum absolute atomic E-state index is 0.136. The Morgan fingerprint density at radius 3 is 2.33 bits per heavy atom. The largest absolute Gasteiger partial charge is 0.372 e. The van der Waals surface area contributed by atoms with E-state index >= 15 is 0 Å². The number of benzene rings is 4. The molecule has 7 rings (SSSR count). The zero-order chi connectivity index (χ0) is 28.8. The molecule has 1 saturated heterocycles. The van der Waals surface area contributed by atoms with Crippen molar-refractivity contribution in [1.29, 1.82) is 0 Å². The molecule has 2 aliphatic rings. The number of aryl methyl sites for hydroxylation is 1. The Morgan fingerprint density at radius 1 is 0.881 bits per heavy atom. The predicted molar refractivity (Wildman–Crippen MR) is 169 cm³/mol. The van der Waals surface area contributed by atoms with E-state index in [2.05, 4.69) is 70.7 Å². The smallest absolute Gasteiger partial charge is 0.255 e. The molecule has 0 radical (unpaired) electrons. The van der Waals surface area contributed by atoms with Crippen LogP contribution in [0.2, 0.25) is 0 Å². The van der Waals surface area contributed by atoms with Crippen molar-refractivity contribution >= 4 is 34.1 Å². The van der Waals surface area contributed by atoms with E-state index in [1.807, 2.05) is 55.5 Å². The number of para-hydroxylation sites is 1. The van der Waals surface area contributed by atoms with Crippen LogP contribution < -0.4 is 10.2 Å². The van der Waals surface area contributed by atoms with Crippen LogP contribution in [0.25, 0.3) is 22.2 Å². The van der Waals surface area contributed by atoms with Crippen LogP contribution in [0.4, 0.5) is 11.4 Å². The lowest BCUT2D eigenvalue weighted by atomic mass is 9.92. The maximum Gasteiger partial charge on any atom is 0.255 e. The highest BCUT2D eigenvalue weighted by Crippen LogP contribution is 2.46. The maximum absolute atomic E-state index is 14.1. The standard InChI is InChI=1S/C36H34N4O2/c1-23-13-15-25(16-14-23)33-32(30-11-5-6-12-31(30)38-33)34-28-9-3-4-10-29(28)36(42)40(34)24(2)35(41)37-26-17-19-27(20-18-26)39-21-7-8-22-39/h3-6,9-20,24,34,38H,7-8,21-22H2,1-2H3,(H,37,41). The summed E-state index contributed by atoms with van der Waals surface area (Å²) in [5.74, 6) is -0.352. The number of carbonyl (C=O) groups excluding carboxylic acids is 2. The number of nitrogens with zero attached hydrogens (tertiary/aromatic N) is 2. The average molecular weight is 555 g/mol. The highest BCUT2D eigenvalue weighted by molar-refractivity contribution is 6.06. The van der Waals surface area contributed by atoms with Crippen LogP contribution in [0.5, 0.6) is 0 Å². The monoisotopic (exact) mass is 554 g/mol. The molecule has 0 bridgehead atoms. The van der Waals surface area contributed by atoms with Crippen molar-refractivity contribution in [3.63, 3.8) is 0 Å². The Labute approximate surface area is 246 Å². The molecule has 0 saturated carbocycles. The van der Waals surface area contributed by atoms with Crippen molar-refractivity contribution in [1.82, 2.24) is 9.88 Å². The first kappa shape index (κ1) is 26.1. The third-order valence-corrected chi connectivity index (χ3v) is 8.76. The van der Waals surface area contributed by atoms with Crippen LogP contribution in [0.15, 0.2) is 97.1 Å². The van der Waals surface area contributed by atoms with Gasteiger partial charge in [0.15, 0.2) is 0 Å². The van der Waals surface area contributed by atoms with Gasteiger partial charge in [-0.3, -0.25) is 9.59 Å². The number of anilines is 2. The predicted octanol–water partition coefficient (Wildman–Crippen LogP) is 7.32. The average Bonchev–Trinajstić information content (AvgIpc) is 3.75. The number of carbonyl (C=O) groups is 2. The van der Waals surface area contributed by atoms with Crippen LogP contribution in [-0.2, 0) is 4.79 Å². The van der Waals surface area contributed by atoms with Crippen molar-refractivity contribution in [2.75, 3.05) is 23.3 Å². The van der Waals surface area contributed by atoms with Gasteiger partial charge in [0.1, 0.15) is 6.04 Å². The molecule has 2 N–H and O–H groups in total.